The van der Waals surface area contributed by atoms with E-state index in [2.05, 4.69) is 5.32 Å². The number of halogens is 1. The van der Waals surface area contributed by atoms with Crippen LogP contribution < -0.4 is 5.32 Å². The van der Waals surface area contributed by atoms with Gasteiger partial charge in [-0.1, -0.05) is 31.4 Å². The first-order chi connectivity index (χ1) is 9.16. The van der Waals surface area contributed by atoms with E-state index in [4.69, 9.17) is 0 Å². The predicted molar refractivity (Wildman–Crippen MR) is 72.2 cm³/mol. The van der Waals surface area contributed by atoms with Crippen LogP contribution in [0.3, 0.4) is 0 Å². The zero-order valence-electron chi connectivity index (χ0n) is 11.1. The fraction of sp³-hybridized carbons (Fsp3) is 0.600. The number of hydrogen-bond acceptors (Lipinski definition) is 3. The second-order valence-corrected chi connectivity index (χ2v) is 5.29. The van der Waals surface area contributed by atoms with Crippen LogP contribution in [0, 0.1) is 5.82 Å². The van der Waals surface area contributed by atoms with Gasteiger partial charge in [-0.15, -0.1) is 0 Å². The van der Waals surface area contributed by atoms with Crippen LogP contribution in [0.15, 0.2) is 24.3 Å². The lowest BCUT2D eigenvalue weighted by molar-refractivity contribution is 0.104. The van der Waals surface area contributed by atoms with Crippen LogP contribution in [0.5, 0.6) is 0 Å². The van der Waals surface area contributed by atoms with Crippen molar-refractivity contribution >= 4 is 0 Å². The van der Waals surface area contributed by atoms with Gasteiger partial charge in [-0.2, -0.15) is 0 Å². The highest BCUT2D eigenvalue weighted by molar-refractivity contribution is 5.19. The molecule has 1 aliphatic carbocycles. The maximum atomic E-state index is 13.1. The third kappa shape index (κ3) is 4.27. The van der Waals surface area contributed by atoms with Crippen molar-refractivity contribution in [1.29, 1.82) is 0 Å². The van der Waals surface area contributed by atoms with Crippen LogP contribution in [0.2, 0.25) is 0 Å². The van der Waals surface area contributed by atoms with Gasteiger partial charge in [0.25, 0.3) is 0 Å². The summed E-state index contributed by atoms with van der Waals surface area (Å²) >= 11 is 0. The summed E-state index contributed by atoms with van der Waals surface area (Å²) < 4.78 is 13.1. The average molecular weight is 267 g/mol. The Kier molecular flexibility index (Phi) is 5.31. The first-order valence-corrected chi connectivity index (χ1v) is 7.02. The van der Waals surface area contributed by atoms with Crippen LogP contribution in [-0.2, 0) is 0 Å². The first kappa shape index (κ1) is 14.4. The molecule has 3 unspecified atom stereocenters. The van der Waals surface area contributed by atoms with Gasteiger partial charge in [-0.25, -0.2) is 4.39 Å². The Hall–Kier alpha value is -0.970. The van der Waals surface area contributed by atoms with Gasteiger partial charge >= 0.3 is 0 Å². The van der Waals surface area contributed by atoms with E-state index in [-0.39, 0.29) is 18.0 Å². The van der Waals surface area contributed by atoms with Crippen molar-refractivity contribution in [3.05, 3.63) is 35.6 Å². The molecule has 3 N–H and O–H groups in total. The summed E-state index contributed by atoms with van der Waals surface area (Å²) in [4.78, 5) is 0. The molecule has 4 heteroatoms. The first-order valence-electron chi connectivity index (χ1n) is 7.02. The van der Waals surface area contributed by atoms with Gasteiger partial charge in [0.1, 0.15) is 5.82 Å². The maximum absolute atomic E-state index is 13.1. The molecule has 0 heterocycles. The Morgan fingerprint density at radius 2 is 2.05 bits per heavy atom. The van der Waals surface area contributed by atoms with Gasteiger partial charge in [0.15, 0.2) is 0 Å². The Labute approximate surface area is 113 Å². The quantitative estimate of drug-likeness (QED) is 0.733. The minimum Gasteiger partial charge on any atom is -0.392 e. The Bertz CT molecular complexity index is 399. The zero-order chi connectivity index (χ0) is 13.7. The van der Waals surface area contributed by atoms with E-state index < -0.39 is 6.10 Å². The predicted octanol–water partition coefficient (Wildman–Crippen LogP) is 2.14. The number of aliphatic hydroxyl groups is 2. The van der Waals surface area contributed by atoms with Crippen molar-refractivity contribution in [2.45, 2.75) is 50.4 Å². The van der Waals surface area contributed by atoms with Gasteiger partial charge in [0.05, 0.1) is 12.2 Å². The fourth-order valence-corrected chi connectivity index (χ4v) is 2.62. The van der Waals surface area contributed by atoms with Crippen LogP contribution in [0.25, 0.3) is 0 Å². The van der Waals surface area contributed by atoms with Crippen LogP contribution in [0.1, 0.15) is 43.8 Å². The van der Waals surface area contributed by atoms with Crippen molar-refractivity contribution in [3.8, 4) is 0 Å². The monoisotopic (exact) mass is 267 g/mol. The molecule has 1 aliphatic rings. The molecule has 0 spiro atoms. The van der Waals surface area contributed by atoms with E-state index in [9.17, 15) is 14.6 Å². The highest BCUT2D eigenvalue weighted by Gasteiger charge is 2.22. The molecule has 0 aromatic heterocycles. The smallest absolute Gasteiger partial charge is 0.123 e. The standard InChI is InChI=1S/C15H22FNO2/c16-12-6-4-5-11(9-12)15(19)10-17-13-7-2-1-3-8-14(13)18/h4-6,9,13-15,17-19H,1-3,7-8,10H2. The third-order valence-corrected chi connectivity index (χ3v) is 3.79. The van der Waals surface area contributed by atoms with E-state index in [1.54, 1.807) is 12.1 Å². The summed E-state index contributed by atoms with van der Waals surface area (Å²) in [6.07, 6.45) is 3.97. The molecule has 1 saturated carbocycles. The molecule has 1 fully saturated rings. The fourth-order valence-electron chi connectivity index (χ4n) is 2.62. The lowest BCUT2D eigenvalue weighted by Crippen LogP contribution is -2.41. The van der Waals surface area contributed by atoms with Crippen molar-refractivity contribution < 1.29 is 14.6 Å². The molecule has 0 amide bonds. The van der Waals surface area contributed by atoms with E-state index in [0.29, 0.717) is 12.1 Å². The minimum absolute atomic E-state index is 0.0331. The number of nitrogens with one attached hydrogen (secondary N) is 1. The molecule has 106 valence electrons. The molecular weight excluding hydrogens is 245 g/mol. The maximum Gasteiger partial charge on any atom is 0.123 e. The van der Waals surface area contributed by atoms with Gasteiger partial charge in [-0.3, -0.25) is 0 Å². The summed E-state index contributed by atoms with van der Waals surface area (Å²) in [6, 6.07) is 6.03. The van der Waals surface area contributed by atoms with E-state index >= 15 is 0 Å². The molecule has 0 saturated heterocycles. The molecule has 3 nitrogen and oxygen atoms in total. The molecule has 19 heavy (non-hydrogen) atoms. The van der Waals surface area contributed by atoms with E-state index in [0.717, 1.165) is 32.1 Å². The number of rotatable bonds is 4. The number of benzene rings is 1. The molecule has 3 atom stereocenters. The van der Waals surface area contributed by atoms with Crippen molar-refractivity contribution in [1.82, 2.24) is 5.32 Å². The summed E-state index contributed by atoms with van der Waals surface area (Å²) in [5.41, 5.74) is 0.565. The molecule has 0 bridgehead atoms. The molecular formula is C15H22FNO2. The zero-order valence-corrected chi connectivity index (χ0v) is 11.1. The molecule has 0 radical (unpaired) electrons. The number of aliphatic hydroxyl groups excluding tert-OH is 2. The normalized spacial score (nSPS) is 25.8. The van der Waals surface area contributed by atoms with Crippen LogP contribution >= 0.6 is 0 Å². The molecule has 1 aromatic carbocycles. The number of hydrogen-bond donors (Lipinski definition) is 3. The lowest BCUT2D eigenvalue weighted by atomic mass is 10.0. The summed E-state index contributed by atoms with van der Waals surface area (Å²) in [5.74, 6) is -0.342. The van der Waals surface area contributed by atoms with Gasteiger partial charge < -0.3 is 15.5 Å². The van der Waals surface area contributed by atoms with Gasteiger partial charge in [-0.05, 0) is 30.5 Å². The second-order valence-electron chi connectivity index (χ2n) is 5.29. The summed E-state index contributed by atoms with van der Waals surface area (Å²) in [5, 5.41) is 23.2. The van der Waals surface area contributed by atoms with E-state index in [1.165, 1.54) is 12.1 Å². The van der Waals surface area contributed by atoms with Crippen LogP contribution in [-0.4, -0.2) is 28.9 Å². The largest absolute Gasteiger partial charge is 0.392 e. The van der Waals surface area contributed by atoms with E-state index in [1.807, 2.05) is 0 Å². The Morgan fingerprint density at radius 1 is 1.26 bits per heavy atom. The lowest BCUT2D eigenvalue weighted by Gasteiger charge is -2.23. The highest BCUT2D eigenvalue weighted by atomic mass is 19.1. The molecule has 0 aliphatic heterocycles. The van der Waals surface area contributed by atoms with Crippen molar-refractivity contribution in [2.75, 3.05) is 6.54 Å². The van der Waals surface area contributed by atoms with Gasteiger partial charge in [0.2, 0.25) is 0 Å². The third-order valence-electron chi connectivity index (χ3n) is 3.79. The Balaban J connectivity index is 1.87. The van der Waals surface area contributed by atoms with Gasteiger partial charge in [0, 0.05) is 12.6 Å². The SMILES string of the molecule is OC(CNC1CCCCCC1O)c1cccc(F)c1. The minimum atomic E-state index is -0.744. The average Bonchev–Trinajstić information content (AvgIpc) is 2.61. The topological polar surface area (TPSA) is 52.5 Å². The van der Waals surface area contributed by atoms with Crippen molar-refractivity contribution in [2.24, 2.45) is 0 Å². The van der Waals surface area contributed by atoms with Crippen molar-refractivity contribution in [3.63, 3.8) is 0 Å². The Morgan fingerprint density at radius 3 is 2.84 bits per heavy atom. The summed E-state index contributed by atoms with van der Waals surface area (Å²) in [6.45, 7) is 0.338. The van der Waals surface area contributed by atoms with Crippen LogP contribution in [0.4, 0.5) is 4.39 Å². The second kappa shape index (κ2) is 6.98. The molecule has 1 aromatic rings. The summed E-state index contributed by atoms with van der Waals surface area (Å²) in [7, 11) is 0. The highest BCUT2D eigenvalue weighted by Crippen LogP contribution is 2.19. The molecule has 2 rings (SSSR count).